The number of hydrogen-bond acceptors (Lipinski definition) is 1. The van der Waals surface area contributed by atoms with Gasteiger partial charge in [-0.25, -0.2) is 4.39 Å². The van der Waals surface area contributed by atoms with E-state index in [1.165, 1.54) is 23.3 Å². The Morgan fingerprint density at radius 2 is 2.04 bits per heavy atom. The first kappa shape index (κ1) is 16.4. The van der Waals surface area contributed by atoms with Crippen LogP contribution in [-0.2, 0) is 17.8 Å². The number of carbonyl (C=O) groups excluding carboxylic acids is 1. The normalized spacial score (nSPS) is 22.7. The maximum absolute atomic E-state index is 13.1. The molecule has 0 heterocycles. The van der Waals surface area contributed by atoms with Crippen molar-refractivity contribution in [1.29, 1.82) is 0 Å². The van der Waals surface area contributed by atoms with E-state index in [2.05, 4.69) is 34.0 Å². The van der Waals surface area contributed by atoms with E-state index >= 15 is 0 Å². The lowest BCUT2D eigenvalue weighted by molar-refractivity contribution is -0.133. The fourth-order valence-electron chi connectivity index (χ4n) is 4.07. The standard InChI is InChI=1S/C21H17BrFNO/c1-2-10-24(12-13-6-8-14(23)9-7-13)21(25)20-17-11-16-15(19(17)20)4-3-5-18(16)22/h1,3-9,17,19-20H,10-12H2. The molecule has 4 rings (SSSR count). The number of fused-ring (bicyclic) bond motifs is 3. The Morgan fingerprint density at radius 1 is 1.28 bits per heavy atom. The van der Waals surface area contributed by atoms with Gasteiger partial charge in [-0.3, -0.25) is 4.79 Å². The molecule has 2 aliphatic carbocycles. The Morgan fingerprint density at radius 3 is 2.76 bits per heavy atom. The van der Waals surface area contributed by atoms with E-state index in [-0.39, 0.29) is 24.2 Å². The van der Waals surface area contributed by atoms with Gasteiger partial charge >= 0.3 is 0 Å². The topological polar surface area (TPSA) is 20.3 Å². The van der Waals surface area contributed by atoms with Gasteiger partial charge in [0.25, 0.3) is 0 Å². The Bertz CT molecular complexity index is 870. The van der Waals surface area contributed by atoms with Gasteiger partial charge in [0.1, 0.15) is 5.82 Å². The van der Waals surface area contributed by atoms with Crippen molar-refractivity contribution in [1.82, 2.24) is 4.90 Å². The number of nitrogens with zero attached hydrogens (tertiary/aromatic N) is 1. The molecule has 0 N–H and O–H groups in total. The highest BCUT2D eigenvalue weighted by atomic mass is 79.9. The van der Waals surface area contributed by atoms with Gasteiger partial charge in [0.2, 0.25) is 5.91 Å². The molecule has 2 aromatic carbocycles. The average Bonchev–Trinajstić information content (AvgIpc) is 3.18. The summed E-state index contributed by atoms with van der Waals surface area (Å²) in [6.07, 6.45) is 6.41. The van der Waals surface area contributed by atoms with Crippen LogP contribution in [0.4, 0.5) is 4.39 Å². The molecule has 0 aliphatic heterocycles. The van der Waals surface area contributed by atoms with E-state index in [0.29, 0.717) is 18.4 Å². The fourth-order valence-corrected chi connectivity index (χ4v) is 4.61. The second-order valence-corrected chi connectivity index (χ2v) is 7.61. The molecule has 1 amide bonds. The van der Waals surface area contributed by atoms with Gasteiger partial charge in [-0.1, -0.05) is 46.1 Å². The van der Waals surface area contributed by atoms with Crippen LogP contribution in [0.5, 0.6) is 0 Å². The second kappa shape index (κ2) is 6.31. The van der Waals surface area contributed by atoms with Crippen molar-refractivity contribution < 1.29 is 9.18 Å². The number of benzene rings is 2. The quantitative estimate of drug-likeness (QED) is 0.710. The van der Waals surface area contributed by atoms with Crippen LogP contribution >= 0.6 is 15.9 Å². The molecule has 3 atom stereocenters. The zero-order valence-corrected chi connectivity index (χ0v) is 15.2. The van der Waals surface area contributed by atoms with Crippen LogP contribution in [0.1, 0.15) is 22.6 Å². The van der Waals surface area contributed by atoms with Gasteiger partial charge in [-0.15, -0.1) is 6.42 Å². The highest BCUT2D eigenvalue weighted by Crippen LogP contribution is 2.62. The predicted molar refractivity (Wildman–Crippen MR) is 98.2 cm³/mol. The van der Waals surface area contributed by atoms with E-state index in [1.807, 2.05) is 6.07 Å². The van der Waals surface area contributed by atoms with E-state index in [9.17, 15) is 9.18 Å². The number of amides is 1. The molecular weight excluding hydrogens is 381 g/mol. The molecule has 1 saturated carbocycles. The van der Waals surface area contributed by atoms with Crippen LogP contribution in [0, 0.1) is 30.0 Å². The molecule has 2 aliphatic rings. The molecule has 0 saturated heterocycles. The minimum atomic E-state index is -0.280. The summed E-state index contributed by atoms with van der Waals surface area (Å²) in [6.45, 7) is 0.697. The van der Waals surface area contributed by atoms with Crippen LogP contribution < -0.4 is 0 Å². The molecule has 25 heavy (non-hydrogen) atoms. The maximum Gasteiger partial charge on any atom is 0.227 e. The summed E-state index contributed by atoms with van der Waals surface area (Å²) < 4.78 is 14.2. The molecule has 4 heteroatoms. The number of terminal acetylenes is 1. The number of carbonyl (C=O) groups is 1. The van der Waals surface area contributed by atoms with Gasteiger partial charge < -0.3 is 4.90 Å². The van der Waals surface area contributed by atoms with Crippen molar-refractivity contribution in [3.05, 3.63) is 69.4 Å². The zero-order chi connectivity index (χ0) is 17.6. The third-order valence-electron chi connectivity index (χ3n) is 5.29. The first-order chi connectivity index (χ1) is 12.1. The fraction of sp³-hybridized carbons (Fsp3) is 0.286. The first-order valence-corrected chi connectivity index (χ1v) is 9.13. The highest BCUT2D eigenvalue weighted by molar-refractivity contribution is 9.10. The molecule has 0 aromatic heterocycles. The van der Waals surface area contributed by atoms with Crippen molar-refractivity contribution in [3.63, 3.8) is 0 Å². The van der Waals surface area contributed by atoms with Crippen LogP contribution in [0.15, 0.2) is 46.9 Å². The van der Waals surface area contributed by atoms with Crippen LogP contribution in [-0.4, -0.2) is 17.4 Å². The van der Waals surface area contributed by atoms with Crippen LogP contribution in [0.2, 0.25) is 0 Å². The van der Waals surface area contributed by atoms with Crippen LogP contribution in [0.3, 0.4) is 0 Å². The maximum atomic E-state index is 13.1. The molecule has 1 fully saturated rings. The number of rotatable bonds is 4. The Kier molecular flexibility index (Phi) is 4.13. The van der Waals surface area contributed by atoms with Crippen molar-refractivity contribution in [2.45, 2.75) is 18.9 Å². The lowest BCUT2D eigenvalue weighted by atomic mass is 10.0. The summed E-state index contributed by atoms with van der Waals surface area (Å²) in [5.41, 5.74) is 3.52. The van der Waals surface area contributed by atoms with Gasteiger partial charge in [0.15, 0.2) is 0 Å². The Balaban J connectivity index is 1.52. The Labute approximate surface area is 155 Å². The molecule has 2 nitrogen and oxygen atoms in total. The molecule has 0 bridgehead atoms. The lowest BCUT2D eigenvalue weighted by Gasteiger charge is -2.22. The van der Waals surface area contributed by atoms with Crippen LogP contribution in [0.25, 0.3) is 0 Å². The third kappa shape index (κ3) is 2.87. The predicted octanol–water partition coefficient (Wildman–Crippen LogP) is 4.14. The highest BCUT2D eigenvalue weighted by Gasteiger charge is 2.60. The molecule has 0 radical (unpaired) electrons. The average molecular weight is 398 g/mol. The molecule has 126 valence electrons. The van der Waals surface area contributed by atoms with Crippen molar-refractivity contribution in [2.75, 3.05) is 6.54 Å². The molecule has 2 aromatic rings. The van der Waals surface area contributed by atoms with E-state index in [1.54, 1.807) is 17.0 Å². The minimum Gasteiger partial charge on any atom is -0.327 e. The monoisotopic (exact) mass is 397 g/mol. The summed E-state index contributed by atoms with van der Waals surface area (Å²) >= 11 is 3.60. The Hall–Kier alpha value is -2.12. The zero-order valence-electron chi connectivity index (χ0n) is 13.6. The van der Waals surface area contributed by atoms with Crippen molar-refractivity contribution in [2.24, 2.45) is 11.8 Å². The van der Waals surface area contributed by atoms with E-state index < -0.39 is 0 Å². The first-order valence-electron chi connectivity index (χ1n) is 8.34. The van der Waals surface area contributed by atoms with Gasteiger partial charge in [0, 0.05) is 16.9 Å². The van der Waals surface area contributed by atoms with E-state index in [0.717, 1.165) is 16.5 Å². The number of hydrogen-bond donors (Lipinski definition) is 0. The molecular formula is C21H17BrFNO. The van der Waals surface area contributed by atoms with Gasteiger partial charge in [-0.05, 0) is 53.1 Å². The largest absolute Gasteiger partial charge is 0.327 e. The SMILES string of the molecule is C#CCN(Cc1ccc(F)cc1)C(=O)C1C2Cc3c(Br)cccc3C21. The number of halogens is 2. The van der Waals surface area contributed by atoms with Gasteiger partial charge in [-0.2, -0.15) is 0 Å². The van der Waals surface area contributed by atoms with Crippen molar-refractivity contribution in [3.8, 4) is 12.3 Å². The van der Waals surface area contributed by atoms with Gasteiger partial charge in [0.05, 0.1) is 6.54 Å². The third-order valence-corrected chi connectivity index (χ3v) is 6.03. The summed E-state index contributed by atoms with van der Waals surface area (Å²) in [5, 5.41) is 0. The van der Waals surface area contributed by atoms with E-state index in [4.69, 9.17) is 6.42 Å². The minimum absolute atomic E-state index is 0.0237. The summed E-state index contributed by atoms with van der Waals surface area (Å²) in [6, 6.07) is 12.4. The molecule has 0 spiro atoms. The summed E-state index contributed by atoms with van der Waals surface area (Å²) in [5.74, 6) is 3.14. The second-order valence-electron chi connectivity index (χ2n) is 6.75. The summed E-state index contributed by atoms with van der Waals surface area (Å²) in [7, 11) is 0. The van der Waals surface area contributed by atoms with Crippen molar-refractivity contribution >= 4 is 21.8 Å². The molecule has 3 unspecified atom stereocenters. The smallest absolute Gasteiger partial charge is 0.227 e. The summed E-state index contributed by atoms with van der Waals surface area (Å²) in [4.78, 5) is 14.7. The lowest BCUT2D eigenvalue weighted by Crippen LogP contribution is -2.33.